The van der Waals surface area contributed by atoms with E-state index in [4.69, 9.17) is 4.74 Å². The molecule has 1 aliphatic carbocycles. The highest BCUT2D eigenvalue weighted by Crippen LogP contribution is 2.37. The number of carbonyl (C=O) groups excluding carboxylic acids is 1. The Morgan fingerprint density at radius 3 is 2.64 bits per heavy atom. The van der Waals surface area contributed by atoms with Crippen LogP contribution in [-0.2, 0) is 6.42 Å². The van der Waals surface area contributed by atoms with Crippen molar-refractivity contribution in [3.8, 4) is 5.75 Å². The zero-order chi connectivity index (χ0) is 22.5. The van der Waals surface area contributed by atoms with Crippen LogP contribution >= 0.6 is 0 Å². The minimum atomic E-state index is 0.00149. The van der Waals surface area contributed by atoms with Gasteiger partial charge >= 0.3 is 0 Å². The monoisotopic (exact) mass is 447 g/mol. The summed E-state index contributed by atoms with van der Waals surface area (Å²) in [4.78, 5) is 19.0. The quantitative estimate of drug-likeness (QED) is 0.661. The lowest BCUT2D eigenvalue weighted by atomic mass is 9.80. The van der Waals surface area contributed by atoms with Gasteiger partial charge in [-0.15, -0.1) is 0 Å². The number of ether oxygens (including phenoxy) is 1. The number of nitrogens with zero attached hydrogens (tertiary/aromatic N) is 2. The molecule has 1 N–H and O–H groups in total. The minimum absolute atomic E-state index is 0.00149. The molecule has 1 saturated carbocycles. The average molecular weight is 448 g/mol. The van der Waals surface area contributed by atoms with Gasteiger partial charge in [-0.3, -0.25) is 9.78 Å². The number of hydrogen-bond acceptors (Lipinski definition) is 4. The molecule has 2 fully saturated rings. The molecule has 1 aromatic heterocycles. The first kappa shape index (κ1) is 22.4. The molecule has 0 atom stereocenters. The molecule has 0 unspecified atom stereocenters. The van der Waals surface area contributed by atoms with Gasteiger partial charge in [-0.2, -0.15) is 0 Å². The molecule has 2 aromatic rings. The van der Waals surface area contributed by atoms with Crippen molar-refractivity contribution < 1.29 is 9.53 Å². The summed E-state index contributed by atoms with van der Waals surface area (Å²) in [5, 5.41) is 3.11. The van der Waals surface area contributed by atoms with Gasteiger partial charge in [-0.1, -0.05) is 25.0 Å². The number of likely N-dealkylation sites (tertiary alicyclic amines) is 1. The molecule has 5 rings (SSSR count). The Hall–Kier alpha value is -2.40. The number of piperidine rings is 1. The Morgan fingerprint density at radius 2 is 1.85 bits per heavy atom. The SMILES string of the molecule is O=C(NCC1CCC(CCN2CCC(c3cccc4c3CCO4)CC2)CC1)c1cccnc1. The smallest absolute Gasteiger partial charge is 0.252 e. The van der Waals surface area contributed by atoms with Crippen LogP contribution in [0.3, 0.4) is 0 Å². The number of carbonyl (C=O) groups is 1. The Kier molecular flexibility index (Phi) is 7.25. The van der Waals surface area contributed by atoms with E-state index in [-0.39, 0.29) is 5.91 Å². The maximum atomic E-state index is 12.2. The van der Waals surface area contributed by atoms with Crippen LogP contribution in [0.15, 0.2) is 42.7 Å². The molecule has 1 saturated heterocycles. The van der Waals surface area contributed by atoms with Gasteiger partial charge in [0.2, 0.25) is 0 Å². The van der Waals surface area contributed by atoms with Crippen molar-refractivity contribution in [2.24, 2.45) is 11.8 Å². The van der Waals surface area contributed by atoms with E-state index < -0.39 is 0 Å². The highest BCUT2D eigenvalue weighted by atomic mass is 16.5. The van der Waals surface area contributed by atoms with Gasteiger partial charge in [0.25, 0.3) is 5.91 Å². The molecule has 0 radical (unpaired) electrons. The number of amides is 1. The second-order valence-corrected chi connectivity index (χ2v) is 10.2. The van der Waals surface area contributed by atoms with E-state index in [1.807, 2.05) is 12.1 Å². The molecule has 0 bridgehead atoms. The topological polar surface area (TPSA) is 54.5 Å². The van der Waals surface area contributed by atoms with Crippen molar-refractivity contribution in [1.29, 1.82) is 0 Å². The van der Waals surface area contributed by atoms with Crippen LogP contribution in [0.1, 0.15) is 72.3 Å². The third-order valence-corrected chi connectivity index (χ3v) is 8.10. The number of rotatable bonds is 7. The molecule has 3 heterocycles. The highest BCUT2D eigenvalue weighted by molar-refractivity contribution is 5.93. The zero-order valence-corrected chi connectivity index (χ0v) is 19.7. The molecule has 33 heavy (non-hydrogen) atoms. The molecule has 5 heteroatoms. The predicted molar refractivity (Wildman–Crippen MR) is 131 cm³/mol. The molecule has 176 valence electrons. The van der Waals surface area contributed by atoms with E-state index in [0.29, 0.717) is 17.4 Å². The lowest BCUT2D eigenvalue weighted by Gasteiger charge is -2.35. The van der Waals surface area contributed by atoms with E-state index >= 15 is 0 Å². The summed E-state index contributed by atoms with van der Waals surface area (Å²) in [6, 6.07) is 10.3. The van der Waals surface area contributed by atoms with Gasteiger partial charge in [-0.25, -0.2) is 0 Å². The van der Waals surface area contributed by atoms with Crippen molar-refractivity contribution in [1.82, 2.24) is 15.2 Å². The van der Waals surface area contributed by atoms with E-state index in [0.717, 1.165) is 31.2 Å². The van der Waals surface area contributed by atoms with Crippen LogP contribution in [0.5, 0.6) is 5.75 Å². The summed E-state index contributed by atoms with van der Waals surface area (Å²) in [6.07, 6.45) is 13.4. The summed E-state index contributed by atoms with van der Waals surface area (Å²) < 4.78 is 5.78. The number of nitrogens with one attached hydrogen (secondary N) is 1. The lowest BCUT2D eigenvalue weighted by molar-refractivity contribution is 0.0940. The average Bonchev–Trinajstić information content (AvgIpc) is 3.37. The van der Waals surface area contributed by atoms with Crippen LogP contribution in [0.4, 0.5) is 0 Å². The van der Waals surface area contributed by atoms with Gasteiger partial charge in [0.1, 0.15) is 5.75 Å². The van der Waals surface area contributed by atoms with Crippen molar-refractivity contribution in [2.45, 2.75) is 57.3 Å². The molecular weight excluding hydrogens is 410 g/mol. The molecule has 5 nitrogen and oxygen atoms in total. The van der Waals surface area contributed by atoms with Crippen LogP contribution in [0.25, 0.3) is 0 Å². The Balaban J connectivity index is 0.993. The second kappa shape index (κ2) is 10.7. The Labute approximate surface area is 197 Å². The van der Waals surface area contributed by atoms with Gasteiger partial charge in [0.15, 0.2) is 0 Å². The number of pyridine rings is 1. The van der Waals surface area contributed by atoms with E-state index in [1.165, 1.54) is 70.1 Å². The van der Waals surface area contributed by atoms with E-state index in [9.17, 15) is 4.79 Å². The van der Waals surface area contributed by atoms with E-state index in [2.05, 4.69) is 33.4 Å². The molecule has 0 spiro atoms. The first-order chi connectivity index (χ1) is 16.3. The summed E-state index contributed by atoms with van der Waals surface area (Å²) >= 11 is 0. The first-order valence-electron chi connectivity index (χ1n) is 12.9. The fourth-order valence-corrected chi connectivity index (χ4v) is 6.02. The molecular formula is C28H37N3O2. The zero-order valence-electron chi connectivity index (χ0n) is 19.7. The number of fused-ring (bicyclic) bond motifs is 1. The van der Waals surface area contributed by atoms with Crippen molar-refractivity contribution in [3.05, 3.63) is 59.4 Å². The van der Waals surface area contributed by atoms with Gasteiger partial charge in [0.05, 0.1) is 12.2 Å². The number of benzene rings is 1. The fourth-order valence-electron chi connectivity index (χ4n) is 6.02. The summed E-state index contributed by atoms with van der Waals surface area (Å²) in [7, 11) is 0. The second-order valence-electron chi connectivity index (χ2n) is 10.2. The summed E-state index contributed by atoms with van der Waals surface area (Å²) in [5.74, 6) is 3.30. The van der Waals surface area contributed by atoms with Crippen LogP contribution in [0, 0.1) is 11.8 Å². The lowest BCUT2D eigenvalue weighted by Crippen LogP contribution is -2.35. The highest BCUT2D eigenvalue weighted by Gasteiger charge is 2.27. The third-order valence-electron chi connectivity index (χ3n) is 8.10. The van der Waals surface area contributed by atoms with Gasteiger partial charge < -0.3 is 15.0 Å². The van der Waals surface area contributed by atoms with Crippen molar-refractivity contribution in [3.63, 3.8) is 0 Å². The van der Waals surface area contributed by atoms with Crippen molar-refractivity contribution in [2.75, 3.05) is 32.8 Å². The minimum Gasteiger partial charge on any atom is -0.493 e. The maximum absolute atomic E-state index is 12.2. The van der Waals surface area contributed by atoms with Crippen LogP contribution < -0.4 is 10.1 Å². The molecule has 1 amide bonds. The predicted octanol–water partition coefficient (Wildman–Crippen LogP) is 4.82. The molecule has 1 aromatic carbocycles. The largest absolute Gasteiger partial charge is 0.493 e. The number of hydrogen-bond donors (Lipinski definition) is 1. The van der Waals surface area contributed by atoms with Crippen LogP contribution in [0.2, 0.25) is 0 Å². The number of aromatic nitrogens is 1. The van der Waals surface area contributed by atoms with Gasteiger partial charge in [-0.05, 0) is 93.3 Å². The van der Waals surface area contributed by atoms with Gasteiger partial charge in [0, 0.05) is 30.9 Å². The summed E-state index contributed by atoms with van der Waals surface area (Å²) in [5.41, 5.74) is 3.68. The standard InChI is InChI=1S/C28H37N3O2/c32-28(24-3-2-14-29-20-24)30-19-22-8-6-21(7-9-22)10-15-31-16-11-23(12-17-31)25-4-1-5-27-26(25)13-18-33-27/h1-5,14,20-23H,6-13,15-19H2,(H,30,32). The maximum Gasteiger partial charge on any atom is 0.252 e. The third kappa shape index (κ3) is 5.57. The summed E-state index contributed by atoms with van der Waals surface area (Å²) in [6.45, 7) is 5.35. The normalized spacial score (nSPS) is 23.6. The fraction of sp³-hybridized carbons (Fsp3) is 0.571. The first-order valence-corrected chi connectivity index (χ1v) is 12.9. The van der Waals surface area contributed by atoms with Crippen LogP contribution in [-0.4, -0.2) is 48.6 Å². The Bertz CT molecular complexity index is 916. The van der Waals surface area contributed by atoms with E-state index in [1.54, 1.807) is 18.0 Å². The Morgan fingerprint density at radius 1 is 1.03 bits per heavy atom. The van der Waals surface area contributed by atoms with Crippen molar-refractivity contribution >= 4 is 5.91 Å². The molecule has 2 aliphatic heterocycles. The molecule has 3 aliphatic rings.